The quantitative estimate of drug-likeness (QED) is 0.547. The van der Waals surface area contributed by atoms with Gasteiger partial charge in [-0.05, 0) is 13.3 Å². The predicted molar refractivity (Wildman–Crippen MR) is 66.5 cm³/mol. The van der Waals surface area contributed by atoms with Crippen LogP contribution in [0.15, 0.2) is 12.8 Å². The molecule has 0 aliphatic heterocycles. The molecule has 5 heteroatoms. The van der Waals surface area contributed by atoms with Crippen LogP contribution in [0.3, 0.4) is 0 Å². The van der Waals surface area contributed by atoms with E-state index in [9.17, 15) is 9.59 Å². The molecule has 17 heavy (non-hydrogen) atoms. The molecule has 100 valence electrons. The van der Waals surface area contributed by atoms with E-state index in [2.05, 4.69) is 11.3 Å². The zero-order chi connectivity index (χ0) is 13.8. The number of carbonyl (C=O) groups excluding carboxylic acids is 2. The van der Waals surface area contributed by atoms with Crippen LogP contribution in [0.5, 0.6) is 0 Å². The number of aliphatic hydroxyl groups excluding tert-OH is 1. The van der Waals surface area contributed by atoms with Crippen LogP contribution in [0.1, 0.15) is 33.1 Å². The number of carbonyl (C=O) groups is 2. The molecule has 0 aliphatic carbocycles. The number of nitrogens with two attached hydrogens (primary N) is 1. The molecule has 0 aromatic heterocycles. The molecular weight excluding hydrogens is 222 g/mol. The van der Waals surface area contributed by atoms with Crippen LogP contribution in [-0.2, 0) is 14.3 Å². The van der Waals surface area contributed by atoms with E-state index in [1.165, 1.54) is 7.11 Å². The fraction of sp³-hybridized carbons (Fsp3) is 0.667. The predicted octanol–water partition coefficient (Wildman–Crippen LogP) is 1.57. The van der Waals surface area contributed by atoms with Crippen molar-refractivity contribution >= 4 is 11.8 Å². The first kappa shape index (κ1) is 18.0. The van der Waals surface area contributed by atoms with Crippen LogP contribution >= 0.6 is 0 Å². The van der Waals surface area contributed by atoms with E-state index in [1.54, 1.807) is 6.92 Å². The Morgan fingerprint density at radius 2 is 1.94 bits per heavy atom. The second-order valence-electron chi connectivity index (χ2n) is 3.87. The van der Waals surface area contributed by atoms with Crippen LogP contribution in [-0.4, -0.2) is 30.0 Å². The van der Waals surface area contributed by atoms with Crippen molar-refractivity contribution in [2.75, 3.05) is 7.11 Å². The molecule has 0 saturated carbocycles. The second-order valence-corrected chi connectivity index (χ2v) is 3.87. The smallest absolute Gasteiger partial charge is 0.308 e. The van der Waals surface area contributed by atoms with Gasteiger partial charge in [-0.3, -0.25) is 9.59 Å². The van der Waals surface area contributed by atoms with Crippen molar-refractivity contribution in [2.45, 2.75) is 39.2 Å². The molecule has 0 heterocycles. The Hall–Kier alpha value is -1.36. The first-order chi connectivity index (χ1) is 7.88. The standard InChI is InChI=1S/C10H19NO3.C2H4O/c1-7(10(13)14-3)6-9(12)5-4-8(2)11;1-2-3/h7-8H,4-6,11H2,1-3H3;2-3H,1H2. The van der Waals surface area contributed by atoms with Crippen molar-refractivity contribution in [1.82, 2.24) is 0 Å². The minimum absolute atomic E-state index is 0.0346. The highest BCUT2D eigenvalue weighted by Gasteiger charge is 2.17. The minimum Gasteiger partial charge on any atom is -0.516 e. The van der Waals surface area contributed by atoms with E-state index in [0.29, 0.717) is 12.8 Å². The van der Waals surface area contributed by atoms with Crippen molar-refractivity contribution in [3.63, 3.8) is 0 Å². The van der Waals surface area contributed by atoms with Crippen molar-refractivity contribution < 1.29 is 19.4 Å². The summed E-state index contributed by atoms with van der Waals surface area (Å²) in [6, 6.07) is 0.0346. The third-order valence-electron chi connectivity index (χ3n) is 2.02. The number of hydrogen-bond donors (Lipinski definition) is 2. The molecule has 0 radical (unpaired) electrons. The van der Waals surface area contributed by atoms with Gasteiger partial charge in [-0.25, -0.2) is 0 Å². The Bertz CT molecular complexity index is 239. The van der Waals surface area contributed by atoms with E-state index in [0.717, 1.165) is 6.26 Å². The fourth-order valence-corrected chi connectivity index (χ4v) is 1.12. The first-order valence-electron chi connectivity index (χ1n) is 5.49. The number of Topliss-reactive ketones (excluding diaryl/α,β-unsaturated/α-hetero) is 1. The van der Waals surface area contributed by atoms with Gasteiger partial charge in [0.15, 0.2) is 0 Å². The van der Waals surface area contributed by atoms with Gasteiger partial charge in [-0.15, -0.1) is 0 Å². The molecular formula is C12H23NO4. The van der Waals surface area contributed by atoms with Gasteiger partial charge in [0.1, 0.15) is 5.78 Å². The molecule has 2 unspecified atom stereocenters. The average Bonchev–Trinajstić information content (AvgIpc) is 2.26. The third-order valence-corrected chi connectivity index (χ3v) is 2.02. The molecule has 0 fully saturated rings. The van der Waals surface area contributed by atoms with Crippen molar-refractivity contribution in [2.24, 2.45) is 11.7 Å². The van der Waals surface area contributed by atoms with E-state index in [-0.39, 0.29) is 30.1 Å². The number of ketones is 1. The summed E-state index contributed by atoms with van der Waals surface area (Å²) in [6.45, 7) is 6.46. The van der Waals surface area contributed by atoms with E-state index < -0.39 is 0 Å². The van der Waals surface area contributed by atoms with Gasteiger partial charge >= 0.3 is 5.97 Å². The Balaban J connectivity index is 0. The van der Waals surface area contributed by atoms with Gasteiger partial charge in [0, 0.05) is 18.9 Å². The van der Waals surface area contributed by atoms with Crippen LogP contribution in [0.4, 0.5) is 0 Å². The number of ether oxygens (including phenoxy) is 1. The van der Waals surface area contributed by atoms with Gasteiger partial charge in [0.05, 0.1) is 19.3 Å². The summed E-state index contributed by atoms with van der Waals surface area (Å²) in [7, 11) is 1.32. The zero-order valence-electron chi connectivity index (χ0n) is 10.8. The number of methoxy groups -OCH3 is 1. The lowest BCUT2D eigenvalue weighted by molar-refractivity contribution is -0.146. The maximum atomic E-state index is 11.3. The van der Waals surface area contributed by atoms with Crippen molar-refractivity contribution in [1.29, 1.82) is 0 Å². The lowest BCUT2D eigenvalue weighted by atomic mass is 10.0. The maximum Gasteiger partial charge on any atom is 0.308 e. The molecule has 0 aromatic rings. The molecule has 0 saturated heterocycles. The summed E-state index contributed by atoms with van der Waals surface area (Å²) in [6.07, 6.45) is 2.12. The molecule has 0 amide bonds. The topological polar surface area (TPSA) is 89.6 Å². The van der Waals surface area contributed by atoms with E-state index >= 15 is 0 Å². The SMILES string of the molecule is C=CO.COC(=O)C(C)CC(=O)CCC(C)N. The van der Waals surface area contributed by atoms with Crippen molar-refractivity contribution in [3.8, 4) is 0 Å². The maximum absolute atomic E-state index is 11.3. The highest BCUT2D eigenvalue weighted by molar-refractivity contribution is 5.84. The fourth-order valence-electron chi connectivity index (χ4n) is 1.12. The summed E-state index contributed by atoms with van der Waals surface area (Å²) in [5.41, 5.74) is 5.51. The second kappa shape index (κ2) is 11.1. The lowest BCUT2D eigenvalue weighted by Crippen LogP contribution is -2.19. The zero-order valence-corrected chi connectivity index (χ0v) is 10.8. The van der Waals surface area contributed by atoms with E-state index in [4.69, 9.17) is 10.8 Å². The van der Waals surface area contributed by atoms with Gasteiger partial charge in [-0.1, -0.05) is 13.5 Å². The highest BCUT2D eigenvalue weighted by Crippen LogP contribution is 2.08. The van der Waals surface area contributed by atoms with Crippen LogP contribution in [0.25, 0.3) is 0 Å². The number of hydrogen-bond acceptors (Lipinski definition) is 5. The monoisotopic (exact) mass is 245 g/mol. The molecule has 0 aliphatic rings. The Kier molecular flexibility index (Phi) is 11.8. The summed E-state index contributed by atoms with van der Waals surface area (Å²) < 4.78 is 4.52. The summed E-state index contributed by atoms with van der Waals surface area (Å²) in [5.74, 6) is -0.611. The number of aliphatic hydroxyl groups is 1. The van der Waals surface area contributed by atoms with Crippen LogP contribution in [0.2, 0.25) is 0 Å². The summed E-state index contributed by atoms with van der Waals surface area (Å²) >= 11 is 0. The number of rotatable bonds is 6. The van der Waals surface area contributed by atoms with Gasteiger partial charge in [0.2, 0.25) is 0 Å². The summed E-state index contributed by atoms with van der Waals surface area (Å²) in [5, 5.41) is 7.33. The largest absolute Gasteiger partial charge is 0.516 e. The molecule has 0 spiro atoms. The molecule has 3 N–H and O–H groups in total. The molecule has 0 rings (SSSR count). The molecule has 5 nitrogen and oxygen atoms in total. The Labute approximate surface area is 103 Å². The van der Waals surface area contributed by atoms with Crippen LogP contribution < -0.4 is 5.73 Å². The highest BCUT2D eigenvalue weighted by atomic mass is 16.5. The molecule has 2 atom stereocenters. The van der Waals surface area contributed by atoms with Gasteiger partial charge in [0.25, 0.3) is 0 Å². The summed E-state index contributed by atoms with van der Waals surface area (Å²) in [4.78, 5) is 22.3. The Morgan fingerprint density at radius 3 is 2.29 bits per heavy atom. The number of esters is 1. The average molecular weight is 245 g/mol. The molecule has 0 bridgehead atoms. The van der Waals surface area contributed by atoms with E-state index in [1.807, 2.05) is 6.92 Å². The first-order valence-corrected chi connectivity index (χ1v) is 5.49. The minimum atomic E-state index is -0.347. The van der Waals surface area contributed by atoms with Gasteiger partial charge < -0.3 is 15.6 Å². The van der Waals surface area contributed by atoms with Crippen molar-refractivity contribution in [3.05, 3.63) is 12.8 Å². The normalized spacial score (nSPS) is 12.7. The Morgan fingerprint density at radius 1 is 1.47 bits per heavy atom. The van der Waals surface area contributed by atoms with Gasteiger partial charge in [-0.2, -0.15) is 0 Å². The molecule has 0 aromatic carbocycles. The lowest BCUT2D eigenvalue weighted by Gasteiger charge is -2.08. The third kappa shape index (κ3) is 12.6. The van der Waals surface area contributed by atoms with Crippen LogP contribution in [0, 0.1) is 5.92 Å².